The molecule has 0 aromatic heterocycles. The van der Waals surface area contributed by atoms with E-state index in [0.717, 1.165) is 0 Å². The third-order valence-electron chi connectivity index (χ3n) is 4.33. The molecule has 2 aromatic rings. The van der Waals surface area contributed by atoms with E-state index < -0.39 is 23.6 Å². The van der Waals surface area contributed by atoms with Gasteiger partial charge < -0.3 is 33.9 Å². The van der Waals surface area contributed by atoms with Crippen molar-refractivity contribution in [2.45, 2.75) is 5.75 Å². The Hall–Kier alpha value is -3.08. The summed E-state index contributed by atoms with van der Waals surface area (Å²) in [7, 11) is 5.85. The molecule has 0 aliphatic carbocycles. The van der Waals surface area contributed by atoms with Crippen LogP contribution in [0, 0.1) is 0 Å². The third-order valence-corrected chi connectivity index (χ3v) is 4.89. The number of carbonyl (C=O) groups excluding carboxylic acids is 1. The van der Waals surface area contributed by atoms with Crippen LogP contribution < -0.4 is 14.8 Å². The van der Waals surface area contributed by atoms with Crippen molar-refractivity contribution >= 4 is 34.2 Å². The van der Waals surface area contributed by atoms with Gasteiger partial charge in [0.15, 0.2) is 22.6 Å². The standard InChI is InChI=1S/C21H25NO8S/c1-27-17-8-6-5-7-14(17)20(29-3)21(30-4)15-10-18(28-2)16(22-19(24)11-23)9-13(15)12-31(25)26/h5-10,23H,11-12H2,1-4H3,(H,22,24)(H,25,26). The van der Waals surface area contributed by atoms with Gasteiger partial charge in [-0.15, -0.1) is 0 Å². The molecule has 0 aliphatic heterocycles. The van der Waals surface area contributed by atoms with E-state index in [-0.39, 0.29) is 22.9 Å². The highest BCUT2D eigenvalue weighted by Crippen LogP contribution is 2.38. The summed E-state index contributed by atoms with van der Waals surface area (Å²) in [6.07, 6.45) is 0. The molecule has 31 heavy (non-hydrogen) atoms. The third kappa shape index (κ3) is 5.75. The number of ether oxygens (including phenoxy) is 4. The van der Waals surface area contributed by atoms with Gasteiger partial charge in [0, 0.05) is 5.56 Å². The van der Waals surface area contributed by atoms with Gasteiger partial charge in [0.1, 0.15) is 18.1 Å². The van der Waals surface area contributed by atoms with Crippen molar-refractivity contribution in [3.8, 4) is 11.5 Å². The molecule has 3 N–H and O–H groups in total. The number of benzene rings is 2. The van der Waals surface area contributed by atoms with Gasteiger partial charge in [-0.2, -0.15) is 0 Å². The van der Waals surface area contributed by atoms with Crippen molar-refractivity contribution in [1.82, 2.24) is 0 Å². The number of amides is 1. The first-order valence-corrected chi connectivity index (χ1v) is 10.3. The summed E-state index contributed by atoms with van der Waals surface area (Å²) in [6, 6.07) is 10.2. The Kier molecular flexibility index (Phi) is 8.86. The second kappa shape index (κ2) is 11.3. The molecule has 0 aliphatic rings. The molecule has 0 fully saturated rings. The van der Waals surface area contributed by atoms with Gasteiger partial charge in [0.25, 0.3) is 0 Å². The van der Waals surface area contributed by atoms with Gasteiger partial charge >= 0.3 is 0 Å². The fourth-order valence-corrected chi connectivity index (χ4v) is 3.53. The first kappa shape index (κ1) is 24.2. The number of nitrogens with one attached hydrogen (secondary N) is 1. The predicted octanol–water partition coefficient (Wildman–Crippen LogP) is 2.47. The summed E-state index contributed by atoms with van der Waals surface area (Å²) in [5.41, 5.74) is 1.65. The van der Waals surface area contributed by atoms with E-state index in [1.807, 2.05) is 12.1 Å². The van der Waals surface area contributed by atoms with E-state index in [0.29, 0.717) is 28.2 Å². The number of hydrogen-bond acceptors (Lipinski definition) is 7. The van der Waals surface area contributed by atoms with E-state index in [9.17, 15) is 13.6 Å². The summed E-state index contributed by atoms with van der Waals surface area (Å²) < 4.78 is 43.2. The maximum atomic E-state index is 11.7. The first-order valence-electron chi connectivity index (χ1n) is 9.05. The Morgan fingerprint density at radius 2 is 1.58 bits per heavy atom. The van der Waals surface area contributed by atoms with Gasteiger partial charge in [-0.05, 0) is 29.8 Å². The number of para-hydroxylation sites is 1. The molecule has 1 unspecified atom stereocenters. The van der Waals surface area contributed by atoms with Crippen molar-refractivity contribution in [3.05, 3.63) is 53.1 Å². The maximum absolute atomic E-state index is 11.7. The smallest absolute Gasteiger partial charge is 0.250 e. The molecule has 2 aromatic carbocycles. The molecule has 0 heterocycles. The summed E-state index contributed by atoms with van der Waals surface area (Å²) in [5, 5.41) is 11.5. The Bertz CT molecular complexity index is 989. The minimum Gasteiger partial charge on any atom is -0.496 e. The minimum atomic E-state index is -2.19. The second-order valence-corrected chi connectivity index (χ2v) is 7.08. The number of anilines is 1. The van der Waals surface area contributed by atoms with Crippen LogP contribution >= 0.6 is 0 Å². The largest absolute Gasteiger partial charge is 0.496 e. The lowest BCUT2D eigenvalue weighted by molar-refractivity contribution is -0.118. The minimum absolute atomic E-state index is 0.234. The van der Waals surface area contributed by atoms with Crippen molar-refractivity contribution < 1.29 is 37.6 Å². The molecule has 2 rings (SSSR count). The van der Waals surface area contributed by atoms with Crippen molar-refractivity contribution in [3.63, 3.8) is 0 Å². The Morgan fingerprint density at radius 1 is 0.968 bits per heavy atom. The molecular formula is C21H25NO8S. The number of methoxy groups -OCH3 is 4. The normalized spacial score (nSPS) is 12.5. The molecule has 0 spiro atoms. The zero-order chi connectivity index (χ0) is 23.0. The number of carbonyl (C=O) groups is 1. The molecule has 168 valence electrons. The van der Waals surface area contributed by atoms with Crippen LogP contribution in [0.2, 0.25) is 0 Å². The van der Waals surface area contributed by atoms with Crippen LogP contribution in [0.4, 0.5) is 5.69 Å². The molecule has 9 nitrogen and oxygen atoms in total. The van der Waals surface area contributed by atoms with Gasteiger partial charge in [-0.1, -0.05) is 12.1 Å². The highest BCUT2D eigenvalue weighted by molar-refractivity contribution is 7.78. The van der Waals surface area contributed by atoms with E-state index in [1.165, 1.54) is 34.5 Å². The zero-order valence-corrected chi connectivity index (χ0v) is 18.4. The van der Waals surface area contributed by atoms with E-state index in [4.69, 9.17) is 24.1 Å². The topological polar surface area (TPSA) is 124 Å². The zero-order valence-electron chi connectivity index (χ0n) is 17.6. The fourth-order valence-electron chi connectivity index (χ4n) is 3.03. The quantitative estimate of drug-likeness (QED) is 0.286. The molecule has 0 bridgehead atoms. The Labute approximate surface area is 182 Å². The van der Waals surface area contributed by atoms with Crippen molar-refractivity contribution in [1.29, 1.82) is 0 Å². The molecule has 0 saturated heterocycles. The number of hydrogen-bond donors (Lipinski definition) is 3. The number of aliphatic hydroxyl groups is 1. The SMILES string of the molecule is COC(=C(OC)c1ccccc1OC)c1cc(OC)c(NC(=O)CO)cc1CS(=O)O. The second-order valence-electron chi connectivity index (χ2n) is 6.15. The molecule has 0 saturated carbocycles. The molecule has 0 radical (unpaired) electrons. The summed E-state index contributed by atoms with van der Waals surface area (Å²) in [6.45, 7) is -0.725. The Morgan fingerprint density at radius 3 is 2.13 bits per heavy atom. The van der Waals surface area contributed by atoms with Gasteiger partial charge in [0.2, 0.25) is 5.91 Å². The van der Waals surface area contributed by atoms with Crippen LogP contribution in [-0.2, 0) is 31.1 Å². The van der Waals surface area contributed by atoms with E-state index in [1.54, 1.807) is 18.2 Å². The fraction of sp³-hybridized carbons (Fsp3) is 0.286. The summed E-state index contributed by atoms with van der Waals surface area (Å²) >= 11 is -2.19. The lowest BCUT2D eigenvalue weighted by Crippen LogP contribution is -2.16. The van der Waals surface area contributed by atoms with Crippen LogP contribution in [0.25, 0.3) is 11.5 Å². The highest BCUT2D eigenvalue weighted by Gasteiger charge is 2.23. The number of rotatable bonds is 10. The average molecular weight is 451 g/mol. The van der Waals surface area contributed by atoms with Crippen LogP contribution in [-0.4, -0.2) is 54.8 Å². The lowest BCUT2D eigenvalue weighted by Gasteiger charge is -2.20. The molecular weight excluding hydrogens is 426 g/mol. The van der Waals surface area contributed by atoms with Gasteiger partial charge in [0.05, 0.1) is 45.4 Å². The van der Waals surface area contributed by atoms with Crippen LogP contribution in [0.5, 0.6) is 11.5 Å². The monoisotopic (exact) mass is 451 g/mol. The number of aliphatic hydroxyl groups excluding tert-OH is 1. The van der Waals surface area contributed by atoms with Gasteiger partial charge in [-0.3, -0.25) is 4.79 Å². The predicted molar refractivity (Wildman–Crippen MR) is 117 cm³/mol. The molecule has 1 amide bonds. The van der Waals surface area contributed by atoms with E-state index >= 15 is 0 Å². The Balaban J connectivity index is 2.80. The maximum Gasteiger partial charge on any atom is 0.250 e. The highest BCUT2D eigenvalue weighted by atomic mass is 32.2. The lowest BCUT2D eigenvalue weighted by atomic mass is 10.0. The summed E-state index contributed by atoms with van der Waals surface area (Å²) in [5.74, 6) is 0.493. The van der Waals surface area contributed by atoms with Crippen molar-refractivity contribution in [2.24, 2.45) is 0 Å². The van der Waals surface area contributed by atoms with Gasteiger partial charge in [-0.25, -0.2) is 4.21 Å². The molecule has 1 atom stereocenters. The van der Waals surface area contributed by atoms with E-state index in [2.05, 4.69) is 5.32 Å². The average Bonchev–Trinajstić information content (AvgIpc) is 2.77. The van der Waals surface area contributed by atoms with Crippen LogP contribution in [0.1, 0.15) is 16.7 Å². The first-order chi connectivity index (χ1) is 14.9. The van der Waals surface area contributed by atoms with Crippen molar-refractivity contribution in [2.75, 3.05) is 40.4 Å². The molecule has 10 heteroatoms. The van der Waals surface area contributed by atoms with Crippen LogP contribution in [0.15, 0.2) is 36.4 Å². The van der Waals surface area contributed by atoms with Crippen LogP contribution in [0.3, 0.4) is 0 Å². The summed E-state index contributed by atoms with van der Waals surface area (Å²) in [4.78, 5) is 11.7.